The van der Waals surface area contributed by atoms with Crippen LogP contribution in [0.1, 0.15) is 47.9 Å². The second-order valence-electron chi connectivity index (χ2n) is 7.57. The molecule has 2 aromatic carbocycles. The Kier molecular flexibility index (Phi) is 6.25. The Balaban J connectivity index is 1.72. The minimum absolute atomic E-state index is 0.196. The van der Waals surface area contributed by atoms with Gasteiger partial charge in [-0.3, -0.25) is 4.79 Å². The highest BCUT2D eigenvalue weighted by atomic mass is 79.9. The smallest absolute Gasteiger partial charge is 0.254 e. The lowest BCUT2D eigenvalue weighted by Gasteiger charge is -2.23. The van der Waals surface area contributed by atoms with Gasteiger partial charge < -0.3 is 9.47 Å². The Morgan fingerprint density at radius 1 is 1.30 bits per heavy atom. The van der Waals surface area contributed by atoms with Crippen molar-refractivity contribution in [1.29, 1.82) is 0 Å². The van der Waals surface area contributed by atoms with Crippen molar-refractivity contribution in [3.63, 3.8) is 0 Å². The molecule has 0 radical (unpaired) electrons. The highest BCUT2D eigenvalue weighted by Gasteiger charge is 2.25. The van der Waals surface area contributed by atoms with Crippen molar-refractivity contribution < 1.29 is 9.18 Å². The third-order valence-corrected chi connectivity index (χ3v) is 6.39. The summed E-state index contributed by atoms with van der Waals surface area (Å²) in [7, 11) is 0. The monoisotopic (exact) mass is 489 g/mol. The summed E-state index contributed by atoms with van der Waals surface area (Å²) in [5.74, 6) is 0.232. The molecular weight excluding hydrogens is 469 g/mol. The molecule has 0 saturated heterocycles. The van der Waals surface area contributed by atoms with Crippen molar-refractivity contribution in [3.8, 4) is 0 Å². The molecule has 1 aliphatic carbocycles. The van der Waals surface area contributed by atoms with E-state index in [0.717, 1.165) is 29.7 Å². The molecule has 0 aliphatic heterocycles. The third kappa shape index (κ3) is 4.16. The molecule has 1 fully saturated rings. The lowest BCUT2D eigenvalue weighted by molar-refractivity contribution is 0.0756. The summed E-state index contributed by atoms with van der Waals surface area (Å²) in [6, 6.07) is 10.4. The minimum Gasteiger partial charge on any atom is -0.327 e. The van der Waals surface area contributed by atoms with E-state index in [1.807, 2.05) is 18.2 Å². The van der Waals surface area contributed by atoms with E-state index < -0.39 is 5.82 Å². The Bertz CT molecular complexity index is 1110. The lowest BCUT2D eigenvalue weighted by Crippen LogP contribution is -2.32. The van der Waals surface area contributed by atoms with Crippen LogP contribution in [0.2, 0.25) is 5.02 Å². The minimum atomic E-state index is -0.401. The fourth-order valence-electron chi connectivity index (χ4n) is 4.16. The van der Waals surface area contributed by atoms with Gasteiger partial charge >= 0.3 is 0 Å². The van der Waals surface area contributed by atoms with Gasteiger partial charge in [-0.05, 0) is 65.2 Å². The fourth-order valence-corrected chi connectivity index (χ4v) is 4.70. The van der Waals surface area contributed by atoms with Crippen LogP contribution in [-0.4, -0.2) is 26.9 Å². The number of hydrogen-bond acceptors (Lipinski definition) is 2. The van der Waals surface area contributed by atoms with Crippen LogP contribution in [0.4, 0.5) is 4.39 Å². The molecule has 0 atom stereocenters. The molecule has 7 heteroatoms. The average molecular weight is 491 g/mol. The SMILES string of the molecule is C=CCN(Cc1nc2ccc(Cl)cc2n1C1CCCC1)C(=O)c1ccc(F)c(Br)c1. The molecule has 3 aromatic rings. The first-order chi connectivity index (χ1) is 14.5. The number of rotatable bonds is 6. The van der Waals surface area contributed by atoms with Crippen molar-refractivity contribution in [1.82, 2.24) is 14.5 Å². The maximum atomic E-state index is 13.6. The van der Waals surface area contributed by atoms with Gasteiger partial charge in [-0.15, -0.1) is 6.58 Å². The normalized spacial score (nSPS) is 14.4. The Labute approximate surface area is 188 Å². The van der Waals surface area contributed by atoms with Crippen LogP contribution in [-0.2, 0) is 6.54 Å². The molecule has 0 bridgehead atoms. The van der Waals surface area contributed by atoms with Crippen LogP contribution >= 0.6 is 27.5 Å². The molecular formula is C23H22BrClFN3O. The predicted molar refractivity (Wildman–Crippen MR) is 121 cm³/mol. The Morgan fingerprint density at radius 2 is 2.07 bits per heavy atom. The number of benzene rings is 2. The van der Waals surface area contributed by atoms with Gasteiger partial charge in [-0.2, -0.15) is 0 Å². The van der Waals surface area contributed by atoms with Crippen LogP contribution < -0.4 is 0 Å². The molecule has 4 rings (SSSR count). The molecule has 30 heavy (non-hydrogen) atoms. The first kappa shape index (κ1) is 21.1. The van der Waals surface area contributed by atoms with E-state index in [4.69, 9.17) is 16.6 Å². The van der Waals surface area contributed by atoms with E-state index in [1.165, 1.54) is 31.0 Å². The Morgan fingerprint density at radius 3 is 2.77 bits per heavy atom. The first-order valence-corrected chi connectivity index (χ1v) is 11.2. The maximum Gasteiger partial charge on any atom is 0.254 e. The molecule has 1 amide bonds. The van der Waals surface area contributed by atoms with Gasteiger partial charge in [0.2, 0.25) is 0 Å². The van der Waals surface area contributed by atoms with Gasteiger partial charge in [0.1, 0.15) is 11.6 Å². The predicted octanol–water partition coefficient (Wildman–Crippen LogP) is 6.53. The fraction of sp³-hybridized carbons (Fsp3) is 0.304. The highest BCUT2D eigenvalue weighted by Crippen LogP contribution is 2.35. The molecule has 0 N–H and O–H groups in total. The second kappa shape index (κ2) is 8.90. The van der Waals surface area contributed by atoms with Crippen LogP contribution in [0, 0.1) is 5.82 Å². The third-order valence-electron chi connectivity index (χ3n) is 5.55. The largest absolute Gasteiger partial charge is 0.327 e. The number of carbonyl (C=O) groups excluding carboxylic acids is 1. The van der Waals surface area contributed by atoms with Crippen molar-refractivity contribution >= 4 is 44.5 Å². The summed E-state index contributed by atoms with van der Waals surface area (Å²) in [4.78, 5) is 19.7. The number of carbonyl (C=O) groups is 1. The number of amides is 1. The number of imidazole rings is 1. The number of halogens is 3. The van der Waals surface area contributed by atoms with Crippen molar-refractivity contribution in [3.05, 3.63) is 75.8 Å². The summed E-state index contributed by atoms with van der Waals surface area (Å²) in [6.07, 6.45) is 6.24. The van der Waals surface area contributed by atoms with Crippen molar-refractivity contribution in [2.45, 2.75) is 38.3 Å². The Hall–Kier alpha value is -2.18. The maximum absolute atomic E-state index is 13.6. The summed E-state index contributed by atoms with van der Waals surface area (Å²) >= 11 is 9.43. The molecule has 1 aliphatic rings. The van der Waals surface area contributed by atoms with Gasteiger partial charge in [-0.1, -0.05) is 30.5 Å². The van der Waals surface area contributed by atoms with Crippen LogP contribution in [0.5, 0.6) is 0 Å². The van der Waals surface area contributed by atoms with E-state index in [-0.39, 0.29) is 10.4 Å². The summed E-state index contributed by atoms with van der Waals surface area (Å²) in [5.41, 5.74) is 2.29. The van der Waals surface area contributed by atoms with Crippen LogP contribution in [0.25, 0.3) is 11.0 Å². The summed E-state index contributed by atoms with van der Waals surface area (Å²) in [6.45, 7) is 4.50. The number of aromatic nitrogens is 2. The standard InChI is InChI=1S/C23H22BrClFN3O/c1-2-11-28(23(30)15-7-9-19(26)18(24)12-15)14-22-27-20-10-8-16(25)13-21(20)29(22)17-5-3-4-6-17/h2,7-10,12-13,17H,1,3-6,11,14H2. The highest BCUT2D eigenvalue weighted by molar-refractivity contribution is 9.10. The molecule has 1 heterocycles. The average Bonchev–Trinajstić information content (AvgIpc) is 3.36. The number of hydrogen-bond donors (Lipinski definition) is 0. The van der Waals surface area contributed by atoms with Crippen LogP contribution in [0.15, 0.2) is 53.5 Å². The van der Waals surface area contributed by atoms with E-state index >= 15 is 0 Å². The lowest BCUT2D eigenvalue weighted by atomic mass is 10.2. The quantitative estimate of drug-likeness (QED) is 0.368. The van der Waals surface area contributed by atoms with E-state index in [2.05, 4.69) is 27.1 Å². The van der Waals surface area contributed by atoms with E-state index in [0.29, 0.717) is 29.7 Å². The van der Waals surface area contributed by atoms with Crippen molar-refractivity contribution in [2.24, 2.45) is 0 Å². The molecule has 0 spiro atoms. The molecule has 1 saturated carbocycles. The van der Waals surface area contributed by atoms with Gasteiger partial charge in [0.05, 0.1) is 22.1 Å². The number of fused-ring (bicyclic) bond motifs is 1. The van der Waals surface area contributed by atoms with Gasteiger partial charge in [-0.25, -0.2) is 9.37 Å². The molecule has 4 nitrogen and oxygen atoms in total. The molecule has 156 valence electrons. The zero-order valence-electron chi connectivity index (χ0n) is 16.5. The zero-order chi connectivity index (χ0) is 21.3. The van der Waals surface area contributed by atoms with Crippen LogP contribution in [0.3, 0.4) is 0 Å². The number of nitrogens with zero attached hydrogens (tertiary/aromatic N) is 3. The molecule has 0 unspecified atom stereocenters. The summed E-state index contributed by atoms with van der Waals surface area (Å²) in [5, 5.41) is 0.670. The molecule has 1 aromatic heterocycles. The summed E-state index contributed by atoms with van der Waals surface area (Å²) < 4.78 is 16.1. The van der Waals surface area contributed by atoms with Gasteiger partial charge in [0, 0.05) is 23.2 Å². The second-order valence-corrected chi connectivity index (χ2v) is 8.86. The zero-order valence-corrected chi connectivity index (χ0v) is 18.8. The van der Waals surface area contributed by atoms with Crippen molar-refractivity contribution in [2.75, 3.05) is 6.54 Å². The first-order valence-electron chi connectivity index (χ1n) is 9.99. The van der Waals surface area contributed by atoms with Gasteiger partial charge in [0.15, 0.2) is 0 Å². The van der Waals surface area contributed by atoms with Gasteiger partial charge in [0.25, 0.3) is 5.91 Å². The van der Waals surface area contributed by atoms with E-state index in [9.17, 15) is 9.18 Å². The topological polar surface area (TPSA) is 38.1 Å². The van der Waals surface area contributed by atoms with E-state index in [1.54, 1.807) is 11.0 Å².